The summed E-state index contributed by atoms with van der Waals surface area (Å²) in [5.74, 6) is -2.37. The van der Waals surface area contributed by atoms with Gasteiger partial charge in [0.1, 0.15) is 0 Å². The Balaban J connectivity index is 1.44. The van der Waals surface area contributed by atoms with E-state index < -0.39 is 27.8 Å². The first-order valence-corrected chi connectivity index (χ1v) is 11.0. The summed E-state index contributed by atoms with van der Waals surface area (Å²) in [5.41, 5.74) is 0.988. The third-order valence-corrected chi connectivity index (χ3v) is 8.15. The summed E-state index contributed by atoms with van der Waals surface area (Å²) < 4.78 is 27.0. The Morgan fingerprint density at radius 2 is 1.54 bits per heavy atom. The molecule has 1 amide bonds. The number of hydrogen-bond acceptors (Lipinski definition) is 4. The Morgan fingerprint density at radius 1 is 0.964 bits per heavy atom. The van der Waals surface area contributed by atoms with Crippen LogP contribution in [0.15, 0.2) is 41.3 Å². The first-order valence-electron chi connectivity index (χ1n) is 9.56. The zero-order valence-corrected chi connectivity index (χ0v) is 16.5. The zero-order chi connectivity index (χ0) is 20.1. The second-order valence-corrected chi connectivity index (χ2v) is 9.82. The number of nitrogens with zero attached hydrogens (tertiary/aromatic N) is 2. The van der Waals surface area contributed by atoms with Crippen LogP contribution >= 0.6 is 0 Å². The van der Waals surface area contributed by atoms with E-state index in [-0.39, 0.29) is 48.8 Å². The number of carbonyl (C=O) groups excluding carboxylic acids is 1. The largest absolute Gasteiger partial charge is 0.481 e. The highest BCUT2D eigenvalue weighted by atomic mass is 32.2. The summed E-state index contributed by atoms with van der Waals surface area (Å²) in [5, 5.41) is 9.56. The van der Waals surface area contributed by atoms with Crippen molar-refractivity contribution >= 4 is 21.9 Å². The van der Waals surface area contributed by atoms with E-state index in [1.165, 1.54) is 4.31 Å². The number of benzene rings is 1. The molecule has 4 atom stereocenters. The Morgan fingerprint density at radius 3 is 2.11 bits per heavy atom. The summed E-state index contributed by atoms with van der Waals surface area (Å²) in [6, 6.07) is 6.73. The molecule has 28 heavy (non-hydrogen) atoms. The van der Waals surface area contributed by atoms with Crippen LogP contribution in [0.1, 0.15) is 12.0 Å². The standard InChI is InChI=1S/C20H24N2O5S/c1-13-2-6-16(7-3-13)28(26,27)22-10-8-21(9-11-22)19(23)17-14-4-5-15(12-14)18(17)20(24)25/h2-7,14-15,17-18H,8-12H2,1H3,(H,24,25). The summed E-state index contributed by atoms with van der Waals surface area (Å²) >= 11 is 0. The van der Waals surface area contributed by atoms with Crippen LogP contribution in [0, 0.1) is 30.6 Å². The Kier molecular flexibility index (Phi) is 4.79. The maximum Gasteiger partial charge on any atom is 0.307 e. The van der Waals surface area contributed by atoms with Gasteiger partial charge in [0, 0.05) is 26.2 Å². The van der Waals surface area contributed by atoms with Crippen molar-refractivity contribution in [1.82, 2.24) is 9.21 Å². The molecule has 0 radical (unpaired) electrons. The van der Waals surface area contributed by atoms with Gasteiger partial charge in [0.15, 0.2) is 0 Å². The lowest BCUT2D eigenvalue weighted by atomic mass is 9.82. The monoisotopic (exact) mass is 404 g/mol. The predicted octanol–water partition coefficient (Wildman–Crippen LogP) is 1.35. The second-order valence-electron chi connectivity index (χ2n) is 7.88. The van der Waals surface area contributed by atoms with Gasteiger partial charge in [0.2, 0.25) is 15.9 Å². The summed E-state index contributed by atoms with van der Waals surface area (Å²) in [6.45, 7) is 2.91. The van der Waals surface area contributed by atoms with Crippen LogP contribution in [0.5, 0.6) is 0 Å². The van der Waals surface area contributed by atoms with Crippen LogP contribution in [-0.2, 0) is 19.6 Å². The van der Waals surface area contributed by atoms with Crippen LogP contribution in [0.25, 0.3) is 0 Å². The lowest BCUT2D eigenvalue weighted by Crippen LogP contribution is -2.53. The third-order valence-electron chi connectivity index (χ3n) is 6.24. The number of allylic oxidation sites excluding steroid dienone is 2. The number of rotatable bonds is 4. The van der Waals surface area contributed by atoms with E-state index in [9.17, 15) is 23.1 Å². The van der Waals surface area contributed by atoms with Gasteiger partial charge < -0.3 is 10.0 Å². The Bertz CT molecular complexity index is 916. The molecule has 2 fully saturated rings. The van der Waals surface area contributed by atoms with E-state index in [1.54, 1.807) is 29.2 Å². The number of hydrogen-bond donors (Lipinski definition) is 1. The van der Waals surface area contributed by atoms with Gasteiger partial charge in [0.25, 0.3) is 0 Å². The van der Waals surface area contributed by atoms with E-state index in [0.717, 1.165) is 12.0 Å². The molecule has 8 heteroatoms. The fourth-order valence-corrected chi connectivity index (χ4v) is 6.14. The smallest absolute Gasteiger partial charge is 0.307 e. The molecule has 1 aliphatic heterocycles. The van der Waals surface area contributed by atoms with E-state index in [1.807, 2.05) is 19.1 Å². The highest BCUT2D eigenvalue weighted by molar-refractivity contribution is 7.89. The molecule has 1 saturated heterocycles. The molecule has 1 saturated carbocycles. The summed E-state index contributed by atoms with van der Waals surface area (Å²) in [4.78, 5) is 26.6. The van der Waals surface area contributed by atoms with Crippen molar-refractivity contribution in [3.63, 3.8) is 0 Å². The van der Waals surface area contributed by atoms with Crippen molar-refractivity contribution in [2.75, 3.05) is 26.2 Å². The predicted molar refractivity (Wildman–Crippen MR) is 102 cm³/mol. The van der Waals surface area contributed by atoms with Gasteiger partial charge in [-0.1, -0.05) is 29.8 Å². The van der Waals surface area contributed by atoms with Gasteiger partial charge in [0.05, 0.1) is 16.7 Å². The Hall–Kier alpha value is -2.19. The summed E-state index contributed by atoms with van der Waals surface area (Å²) in [6.07, 6.45) is 4.60. The van der Waals surface area contributed by atoms with E-state index >= 15 is 0 Å². The average Bonchev–Trinajstić information content (AvgIpc) is 3.29. The first kappa shape index (κ1) is 19.1. The fraction of sp³-hybridized carbons (Fsp3) is 0.500. The molecule has 4 unspecified atom stereocenters. The molecule has 0 aromatic heterocycles. The van der Waals surface area contributed by atoms with Gasteiger partial charge in [-0.15, -0.1) is 0 Å². The number of fused-ring (bicyclic) bond motifs is 2. The Labute approximate surface area is 164 Å². The molecule has 1 aromatic carbocycles. The van der Waals surface area contributed by atoms with Gasteiger partial charge in [-0.3, -0.25) is 9.59 Å². The van der Waals surface area contributed by atoms with Crippen molar-refractivity contribution in [2.24, 2.45) is 23.7 Å². The maximum atomic E-state index is 13.0. The molecule has 7 nitrogen and oxygen atoms in total. The molecule has 0 spiro atoms. The third kappa shape index (κ3) is 3.14. The topological polar surface area (TPSA) is 95.0 Å². The fourth-order valence-electron chi connectivity index (χ4n) is 4.71. The van der Waals surface area contributed by atoms with Crippen molar-refractivity contribution in [3.8, 4) is 0 Å². The molecule has 2 aliphatic carbocycles. The number of piperazine rings is 1. The maximum absolute atomic E-state index is 13.0. The van der Waals surface area contributed by atoms with Gasteiger partial charge in [-0.2, -0.15) is 4.31 Å². The average molecular weight is 404 g/mol. The normalized spacial score (nSPS) is 30.0. The number of aliphatic carboxylic acids is 1. The molecular weight excluding hydrogens is 380 g/mol. The summed E-state index contributed by atoms with van der Waals surface area (Å²) in [7, 11) is -3.59. The van der Waals surface area contributed by atoms with Crippen molar-refractivity contribution in [3.05, 3.63) is 42.0 Å². The quantitative estimate of drug-likeness (QED) is 0.765. The molecule has 1 heterocycles. The first-order chi connectivity index (χ1) is 13.3. The molecule has 1 N–H and O–H groups in total. The minimum absolute atomic E-state index is 0.0204. The van der Waals surface area contributed by atoms with Gasteiger partial charge in [-0.25, -0.2) is 8.42 Å². The molecule has 3 aliphatic rings. The van der Waals surface area contributed by atoms with Gasteiger partial charge >= 0.3 is 5.97 Å². The number of carboxylic acid groups (broad SMARTS) is 1. The molecular formula is C20H24N2O5S. The molecule has 1 aromatic rings. The highest BCUT2D eigenvalue weighted by Crippen LogP contribution is 2.48. The molecule has 2 bridgehead atoms. The van der Waals surface area contributed by atoms with Crippen molar-refractivity contribution in [1.29, 1.82) is 0 Å². The highest BCUT2D eigenvalue weighted by Gasteiger charge is 2.52. The van der Waals surface area contributed by atoms with E-state index in [4.69, 9.17) is 0 Å². The van der Waals surface area contributed by atoms with Crippen molar-refractivity contribution in [2.45, 2.75) is 18.2 Å². The van der Waals surface area contributed by atoms with Crippen molar-refractivity contribution < 1.29 is 23.1 Å². The van der Waals surface area contributed by atoms with Crippen LogP contribution in [-0.4, -0.2) is 60.8 Å². The number of amides is 1. The van der Waals surface area contributed by atoms with Crippen LogP contribution in [0.4, 0.5) is 0 Å². The number of sulfonamides is 1. The number of aryl methyl sites for hydroxylation is 1. The lowest BCUT2D eigenvalue weighted by molar-refractivity contribution is -0.151. The van der Waals surface area contributed by atoms with Crippen LogP contribution in [0.3, 0.4) is 0 Å². The number of carboxylic acids is 1. The van der Waals surface area contributed by atoms with E-state index in [2.05, 4.69) is 0 Å². The number of carbonyl (C=O) groups is 2. The lowest BCUT2D eigenvalue weighted by Gasteiger charge is -2.37. The van der Waals surface area contributed by atoms with Gasteiger partial charge in [-0.05, 0) is 37.3 Å². The minimum atomic E-state index is -3.59. The zero-order valence-electron chi connectivity index (χ0n) is 15.7. The van der Waals surface area contributed by atoms with Crippen LogP contribution < -0.4 is 0 Å². The van der Waals surface area contributed by atoms with Crippen LogP contribution in [0.2, 0.25) is 0 Å². The van der Waals surface area contributed by atoms with E-state index in [0.29, 0.717) is 0 Å². The second kappa shape index (κ2) is 7.00. The SMILES string of the molecule is Cc1ccc(S(=O)(=O)N2CCN(C(=O)C3C4C=CC(C4)C3C(=O)O)CC2)cc1. The molecule has 4 rings (SSSR count). The molecule has 150 valence electrons. The minimum Gasteiger partial charge on any atom is -0.481 e.